The van der Waals surface area contributed by atoms with Crippen molar-refractivity contribution in [2.24, 2.45) is 0 Å². The molecule has 0 bridgehead atoms. The number of amides is 1. The first-order valence-electron chi connectivity index (χ1n) is 12.5. The SMILES string of the molecule is Cc1cc(C#Cc2ccc(OCCN(C)C)nc2)cc(C(=O)NC(c2ccc(F)cc2)c2cc(F)ccc2O)n1. The van der Waals surface area contributed by atoms with Crippen molar-refractivity contribution in [1.82, 2.24) is 20.2 Å². The van der Waals surface area contributed by atoms with Crippen LogP contribution in [0.5, 0.6) is 11.6 Å². The second kappa shape index (κ2) is 12.8. The van der Waals surface area contributed by atoms with Gasteiger partial charge in [0.1, 0.15) is 29.7 Å². The zero-order chi connectivity index (χ0) is 28.6. The Bertz CT molecular complexity index is 1550. The van der Waals surface area contributed by atoms with Crippen LogP contribution in [0.15, 0.2) is 72.9 Å². The Hall–Kier alpha value is -4.81. The summed E-state index contributed by atoms with van der Waals surface area (Å²) in [7, 11) is 3.93. The normalized spacial score (nSPS) is 11.4. The third-order valence-corrected chi connectivity index (χ3v) is 5.84. The molecule has 0 aliphatic rings. The Labute approximate surface area is 231 Å². The monoisotopic (exact) mass is 542 g/mol. The van der Waals surface area contributed by atoms with Gasteiger partial charge in [-0.15, -0.1) is 0 Å². The summed E-state index contributed by atoms with van der Waals surface area (Å²) in [5.74, 6) is 4.69. The molecule has 0 aliphatic heterocycles. The van der Waals surface area contributed by atoms with Crippen LogP contribution in [-0.4, -0.2) is 53.1 Å². The van der Waals surface area contributed by atoms with Crippen molar-refractivity contribution in [3.8, 4) is 23.5 Å². The molecule has 0 fully saturated rings. The van der Waals surface area contributed by atoms with Crippen molar-refractivity contribution in [3.63, 3.8) is 0 Å². The molecule has 204 valence electrons. The zero-order valence-electron chi connectivity index (χ0n) is 22.3. The number of likely N-dealkylation sites (N-methyl/N-ethyl adjacent to an activating group) is 1. The number of phenols is 1. The van der Waals surface area contributed by atoms with Gasteiger partial charge < -0.3 is 20.1 Å². The third-order valence-electron chi connectivity index (χ3n) is 5.84. The summed E-state index contributed by atoms with van der Waals surface area (Å²) in [5, 5.41) is 13.2. The van der Waals surface area contributed by atoms with E-state index in [0.717, 1.165) is 18.7 Å². The highest BCUT2D eigenvalue weighted by atomic mass is 19.1. The van der Waals surface area contributed by atoms with Crippen molar-refractivity contribution in [2.45, 2.75) is 13.0 Å². The number of nitrogens with one attached hydrogen (secondary N) is 1. The van der Waals surface area contributed by atoms with Gasteiger partial charge in [0.2, 0.25) is 5.88 Å². The largest absolute Gasteiger partial charge is 0.508 e. The average molecular weight is 543 g/mol. The summed E-state index contributed by atoms with van der Waals surface area (Å²) in [4.78, 5) is 23.9. The van der Waals surface area contributed by atoms with Crippen molar-refractivity contribution in [1.29, 1.82) is 0 Å². The van der Waals surface area contributed by atoms with E-state index in [2.05, 4.69) is 27.1 Å². The molecule has 40 heavy (non-hydrogen) atoms. The Morgan fingerprint density at radius 3 is 2.42 bits per heavy atom. The number of aryl methyl sites for hydroxylation is 1. The van der Waals surface area contributed by atoms with Gasteiger partial charge in [0.05, 0.1) is 6.04 Å². The molecule has 2 aromatic heterocycles. The first-order valence-corrected chi connectivity index (χ1v) is 12.5. The first-order chi connectivity index (χ1) is 19.2. The molecule has 0 radical (unpaired) electrons. The van der Waals surface area contributed by atoms with Crippen LogP contribution in [0, 0.1) is 30.4 Å². The summed E-state index contributed by atoms with van der Waals surface area (Å²) < 4.78 is 33.2. The van der Waals surface area contributed by atoms with E-state index in [4.69, 9.17) is 4.74 Å². The fraction of sp³-hybridized carbons (Fsp3) is 0.194. The van der Waals surface area contributed by atoms with Gasteiger partial charge in [0, 0.05) is 41.2 Å². The molecule has 1 unspecified atom stereocenters. The number of pyridine rings is 2. The van der Waals surface area contributed by atoms with Crippen molar-refractivity contribution < 1.29 is 23.4 Å². The lowest BCUT2D eigenvalue weighted by Crippen LogP contribution is -2.30. The predicted octanol–water partition coefficient (Wildman–Crippen LogP) is 4.63. The number of hydrogen-bond acceptors (Lipinski definition) is 6. The van der Waals surface area contributed by atoms with Gasteiger partial charge in [-0.2, -0.15) is 0 Å². The maximum Gasteiger partial charge on any atom is 0.270 e. The molecule has 4 rings (SSSR count). The van der Waals surface area contributed by atoms with Gasteiger partial charge in [0.25, 0.3) is 5.91 Å². The molecule has 0 spiro atoms. The number of aromatic nitrogens is 2. The topological polar surface area (TPSA) is 87.6 Å². The van der Waals surface area contributed by atoms with Gasteiger partial charge >= 0.3 is 0 Å². The molecule has 2 heterocycles. The van der Waals surface area contributed by atoms with Gasteiger partial charge in [0.15, 0.2) is 0 Å². The van der Waals surface area contributed by atoms with Crippen LogP contribution in [0.2, 0.25) is 0 Å². The van der Waals surface area contributed by atoms with Gasteiger partial charge in [-0.05, 0) is 75.1 Å². The fourth-order valence-electron chi connectivity index (χ4n) is 3.83. The Morgan fingerprint density at radius 2 is 1.73 bits per heavy atom. The van der Waals surface area contributed by atoms with E-state index in [9.17, 15) is 18.7 Å². The molecular weight excluding hydrogens is 514 g/mol. The Kier molecular flexibility index (Phi) is 9.04. The molecule has 0 saturated heterocycles. The molecule has 0 aliphatic carbocycles. The lowest BCUT2D eigenvalue weighted by molar-refractivity contribution is 0.0937. The van der Waals surface area contributed by atoms with Crippen LogP contribution in [-0.2, 0) is 0 Å². The van der Waals surface area contributed by atoms with E-state index in [1.54, 1.807) is 31.3 Å². The fourth-order valence-corrected chi connectivity index (χ4v) is 3.83. The highest BCUT2D eigenvalue weighted by Crippen LogP contribution is 2.30. The maximum atomic E-state index is 14.1. The Morgan fingerprint density at radius 1 is 1.00 bits per heavy atom. The van der Waals surface area contributed by atoms with Crippen LogP contribution in [0.4, 0.5) is 8.78 Å². The van der Waals surface area contributed by atoms with Gasteiger partial charge in [-0.3, -0.25) is 4.79 Å². The van der Waals surface area contributed by atoms with E-state index in [1.807, 2.05) is 19.0 Å². The second-order valence-electron chi connectivity index (χ2n) is 9.33. The van der Waals surface area contributed by atoms with Crippen LogP contribution in [0.1, 0.15) is 44.5 Å². The average Bonchev–Trinajstić information content (AvgIpc) is 2.93. The van der Waals surface area contributed by atoms with Crippen LogP contribution >= 0.6 is 0 Å². The molecule has 2 N–H and O–H groups in total. The van der Waals surface area contributed by atoms with Crippen molar-refractivity contribution >= 4 is 5.91 Å². The standard InChI is InChI=1S/C31H28F2N4O3/c1-20-16-22(5-4-21-6-13-29(34-19-21)40-15-14-37(2)3)17-27(35-20)31(39)36-30(23-7-9-24(32)10-8-23)26-18-25(33)11-12-28(26)38/h6-13,16-19,30,38H,14-15H2,1-3H3,(H,36,39). The number of halogens is 2. The van der Waals surface area contributed by atoms with Crippen LogP contribution in [0.3, 0.4) is 0 Å². The molecule has 1 amide bonds. The Balaban J connectivity index is 1.55. The molecule has 7 nitrogen and oxygen atoms in total. The number of phenolic OH excluding ortho intramolecular Hbond substituents is 1. The van der Waals surface area contributed by atoms with E-state index >= 15 is 0 Å². The molecule has 1 atom stereocenters. The van der Waals surface area contributed by atoms with Crippen molar-refractivity contribution in [3.05, 3.63) is 118 Å². The molecule has 2 aromatic carbocycles. The summed E-state index contributed by atoms with van der Waals surface area (Å²) in [5.41, 5.74) is 2.43. The summed E-state index contributed by atoms with van der Waals surface area (Å²) in [6.45, 7) is 3.03. The minimum Gasteiger partial charge on any atom is -0.508 e. The number of aromatic hydroxyl groups is 1. The highest BCUT2D eigenvalue weighted by Gasteiger charge is 2.22. The van der Waals surface area contributed by atoms with Crippen LogP contribution in [0.25, 0.3) is 0 Å². The number of carbonyl (C=O) groups excluding carboxylic acids is 1. The quantitative estimate of drug-likeness (QED) is 0.316. The lowest BCUT2D eigenvalue weighted by atomic mass is 9.97. The van der Waals surface area contributed by atoms with Gasteiger partial charge in [-0.1, -0.05) is 24.0 Å². The smallest absolute Gasteiger partial charge is 0.270 e. The van der Waals surface area contributed by atoms with Crippen LogP contribution < -0.4 is 10.1 Å². The summed E-state index contributed by atoms with van der Waals surface area (Å²) in [6.07, 6.45) is 1.61. The lowest BCUT2D eigenvalue weighted by Gasteiger charge is -2.21. The second-order valence-corrected chi connectivity index (χ2v) is 9.33. The first kappa shape index (κ1) is 28.2. The number of hydrogen-bond donors (Lipinski definition) is 2. The maximum absolute atomic E-state index is 14.1. The molecular formula is C31H28F2N4O3. The molecule has 9 heteroatoms. The highest BCUT2D eigenvalue weighted by molar-refractivity contribution is 5.93. The number of ether oxygens (including phenoxy) is 1. The minimum absolute atomic E-state index is 0.0788. The summed E-state index contributed by atoms with van der Waals surface area (Å²) >= 11 is 0. The summed E-state index contributed by atoms with van der Waals surface area (Å²) in [6, 6.07) is 14.6. The van der Waals surface area contributed by atoms with Gasteiger partial charge in [-0.25, -0.2) is 18.7 Å². The number of benzene rings is 2. The third kappa shape index (κ3) is 7.62. The molecule has 0 saturated carbocycles. The minimum atomic E-state index is -0.967. The zero-order valence-corrected chi connectivity index (χ0v) is 22.3. The predicted molar refractivity (Wildman–Crippen MR) is 147 cm³/mol. The molecule has 4 aromatic rings. The number of rotatable bonds is 8. The number of carbonyl (C=O) groups is 1. The van der Waals surface area contributed by atoms with E-state index in [0.29, 0.717) is 34.9 Å². The number of nitrogens with zero attached hydrogens (tertiary/aromatic N) is 3. The van der Waals surface area contributed by atoms with E-state index in [1.165, 1.54) is 36.4 Å². The van der Waals surface area contributed by atoms with E-state index < -0.39 is 23.6 Å². The van der Waals surface area contributed by atoms with Crippen molar-refractivity contribution in [2.75, 3.05) is 27.2 Å². The van der Waals surface area contributed by atoms with E-state index in [-0.39, 0.29) is 17.0 Å².